The van der Waals surface area contributed by atoms with Gasteiger partial charge in [0.1, 0.15) is 22.6 Å². The molecule has 2 aliphatic heterocycles. The normalized spacial score (nSPS) is 18.7. The van der Waals surface area contributed by atoms with Crippen LogP contribution in [0.15, 0.2) is 36.5 Å². The predicted molar refractivity (Wildman–Crippen MR) is 152 cm³/mol. The van der Waals surface area contributed by atoms with Crippen LogP contribution in [-0.4, -0.2) is 69.2 Å². The summed E-state index contributed by atoms with van der Waals surface area (Å²) in [6.45, 7) is 7.61. The Morgan fingerprint density at radius 3 is 2.46 bits per heavy atom. The van der Waals surface area contributed by atoms with E-state index in [-0.39, 0.29) is 11.8 Å². The third-order valence-corrected chi connectivity index (χ3v) is 7.76. The molecule has 12 nitrogen and oxygen atoms in total. The van der Waals surface area contributed by atoms with Gasteiger partial charge in [0.2, 0.25) is 5.95 Å². The molecule has 3 aliphatic rings. The van der Waals surface area contributed by atoms with Crippen LogP contribution in [0.25, 0.3) is 11.0 Å². The number of rotatable bonds is 3. The van der Waals surface area contributed by atoms with E-state index in [1.165, 1.54) is 5.01 Å². The minimum atomic E-state index is -0.860. The number of ether oxygens (including phenoxy) is 2. The molecule has 1 aliphatic carbocycles. The smallest absolute Gasteiger partial charge is 0.435 e. The minimum Gasteiger partial charge on any atom is -0.442 e. The highest BCUT2D eigenvalue weighted by molar-refractivity contribution is 6.01. The van der Waals surface area contributed by atoms with Crippen molar-refractivity contribution in [3.63, 3.8) is 0 Å². The van der Waals surface area contributed by atoms with E-state index >= 15 is 0 Å². The maximum absolute atomic E-state index is 13.7. The van der Waals surface area contributed by atoms with Gasteiger partial charge >= 0.3 is 6.09 Å². The van der Waals surface area contributed by atoms with Gasteiger partial charge in [-0.15, -0.1) is 0 Å². The highest BCUT2D eigenvalue weighted by Crippen LogP contribution is 2.44. The Labute approximate surface area is 238 Å². The SMILES string of the molecule is CC(C)(C)OC(=O)N1NC(=O)C2(CCCCC2)n2c1cc1cnc(Nc3ccc(C(=O)N4CCOCC4)cc3)nc12. The third kappa shape index (κ3) is 5.08. The van der Waals surface area contributed by atoms with E-state index < -0.39 is 17.2 Å². The first-order chi connectivity index (χ1) is 19.6. The molecule has 4 heterocycles. The van der Waals surface area contributed by atoms with Crippen LogP contribution in [0.1, 0.15) is 63.2 Å². The van der Waals surface area contributed by atoms with E-state index in [1.54, 1.807) is 44.0 Å². The first-order valence-corrected chi connectivity index (χ1v) is 14.1. The number of nitrogens with zero attached hydrogens (tertiary/aromatic N) is 5. The topological polar surface area (TPSA) is 131 Å². The van der Waals surface area contributed by atoms with Crippen LogP contribution in [0.4, 0.5) is 22.2 Å². The number of carbonyl (C=O) groups is 3. The van der Waals surface area contributed by atoms with Crippen molar-refractivity contribution in [1.82, 2.24) is 24.9 Å². The molecule has 6 rings (SSSR count). The van der Waals surface area contributed by atoms with Gasteiger partial charge in [0.15, 0.2) is 0 Å². The van der Waals surface area contributed by atoms with Gasteiger partial charge in [0.25, 0.3) is 11.8 Å². The summed E-state index contributed by atoms with van der Waals surface area (Å²) in [5.41, 5.74) is 3.08. The lowest BCUT2D eigenvalue weighted by Gasteiger charge is -2.44. The zero-order valence-electron chi connectivity index (χ0n) is 23.6. The van der Waals surface area contributed by atoms with Gasteiger partial charge in [-0.2, -0.15) is 9.99 Å². The number of nitrogens with one attached hydrogen (secondary N) is 2. The van der Waals surface area contributed by atoms with Crippen molar-refractivity contribution in [3.8, 4) is 0 Å². The fourth-order valence-corrected chi connectivity index (χ4v) is 5.79. The van der Waals surface area contributed by atoms with E-state index in [0.29, 0.717) is 73.2 Å². The van der Waals surface area contributed by atoms with Gasteiger partial charge in [-0.05, 0) is 63.9 Å². The molecular weight excluding hydrogens is 526 g/mol. The maximum Gasteiger partial charge on any atom is 0.435 e. The molecule has 0 atom stereocenters. The Kier molecular flexibility index (Phi) is 6.80. The second-order valence-corrected chi connectivity index (χ2v) is 11.8. The molecule has 2 N–H and O–H groups in total. The molecule has 3 amide bonds. The standard InChI is InChI=1S/C29H35N7O5/c1-28(2,3)41-27(39)36-22-17-20-18-30-26(32-23(20)35(22)29(25(38)33-36)11-5-4-6-12-29)31-21-9-7-19(8-10-21)24(37)34-13-15-40-16-14-34/h7-10,17-18H,4-6,11-16H2,1-3H3,(H,33,38)(H,30,31,32). The van der Waals surface area contributed by atoms with Gasteiger partial charge in [-0.1, -0.05) is 19.3 Å². The molecule has 0 bridgehead atoms. The van der Waals surface area contributed by atoms with Crippen molar-refractivity contribution < 1.29 is 23.9 Å². The van der Waals surface area contributed by atoms with Crippen molar-refractivity contribution in [3.05, 3.63) is 42.1 Å². The van der Waals surface area contributed by atoms with Crippen LogP contribution in [0.5, 0.6) is 0 Å². The van der Waals surface area contributed by atoms with Crippen molar-refractivity contribution in [2.75, 3.05) is 36.6 Å². The lowest BCUT2D eigenvalue weighted by atomic mass is 9.80. The Morgan fingerprint density at radius 1 is 1.07 bits per heavy atom. The summed E-state index contributed by atoms with van der Waals surface area (Å²) >= 11 is 0. The Morgan fingerprint density at radius 2 is 1.78 bits per heavy atom. The Hall–Kier alpha value is -4.19. The second kappa shape index (κ2) is 10.3. The predicted octanol–water partition coefficient (Wildman–Crippen LogP) is 4.09. The van der Waals surface area contributed by atoms with Crippen LogP contribution in [0.2, 0.25) is 0 Å². The van der Waals surface area contributed by atoms with Gasteiger partial charge in [-0.25, -0.2) is 9.78 Å². The number of hydrazine groups is 1. The number of morpholine rings is 1. The summed E-state index contributed by atoms with van der Waals surface area (Å²) < 4.78 is 12.8. The summed E-state index contributed by atoms with van der Waals surface area (Å²) in [5.74, 6) is 0.559. The molecule has 1 saturated heterocycles. The van der Waals surface area contributed by atoms with Crippen LogP contribution in [0.3, 0.4) is 0 Å². The summed E-state index contributed by atoms with van der Waals surface area (Å²) in [5, 5.41) is 5.09. The third-order valence-electron chi connectivity index (χ3n) is 7.76. The highest BCUT2D eigenvalue weighted by Gasteiger charge is 2.49. The number of amides is 3. The fourth-order valence-electron chi connectivity index (χ4n) is 5.79. The Bertz CT molecular complexity index is 1480. The van der Waals surface area contributed by atoms with E-state index in [0.717, 1.165) is 19.3 Å². The zero-order valence-corrected chi connectivity index (χ0v) is 23.6. The first kappa shape index (κ1) is 27.0. The van der Waals surface area contributed by atoms with Crippen molar-refractivity contribution >= 4 is 46.4 Å². The number of carbonyl (C=O) groups excluding carboxylic acids is 3. The number of hydrogen-bond donors (Lipinski definition) is 2. The van der Waals surface area contributed by atoms with Gasteiger partial charge in [0, 0.05) is 35.9 Å². The summed E-state index contributed by atoms with van der Waals surface area (Å²) in [7, 11) is 0. The lowest BCUT2D eigenvalue weighted by molar-refractivity contribution is -0.133. The molecule has 216 valence electrons. The first-order valence-electron chi connectivity index (χ1n) is 14.1. The largest absolute Gasteiger partial charge is 0.442 e. The van der Waals surface area contributed by atoms with Crippen molar-refractivity contribution in [2.24, 2.45) is 0 Å². The second-order valence-electron chi connectivity index (χ2n) is 11.8. The van der Waals surface area contributed by atoms with E-state index in [4.69, 9.17) is 14.5 Å². The number of hydrogen-bond acceptors (Lipinski definition) is 8. The van der Waals surface area contributed by atoms with Gasteiger partial charge in [-0.3, -0.25) is 19.6 Å². The Balaban J connectivity index is 1.33. The molecule has 3 aromatic rings. The molecule has 1 spiro atoms. The van der Waals surface area contributed by atoms with Crippen molar-refractivity contribution in [1.29, 1.82) is 0 Å². The average Bonchev–Trinajstić information content (AvgIpc) is 3.35. The quantitative estimate of drug-likeness (QED) is 0.489. The van der Waals surface area contributed by atoms with Gasteiger partial charge in [0.05, 0.1) is 13.2 Å². The van der Waals surface area contributed by atoms with Crippen LogP contribution < -0.4 is 15.8 Å². The molecule has 1 saturated carbocycles. The molecule has 1 aromatic carbocycles. The summed E-state index contributed by atoms with van der Waals surface area (Å²) in [6, 6.07) is 8.99. The molecule has 0 radical (unpaired) electrons. The zero-order chi connectivity index (χ0) is 28.8. The lowest BCUT2D eigenvalue weighted by Crippen LogP contribution is -2.62. The minimum absolute atomic E-state index is 0.0251. The highest BCUT2D eigenvalue weighted by atomic mass is 16.6. The van der Waals surface area contributed by atoms with Gasteiger partial charge < -0.3 is 19.7 Å². The molecule has 2 fully saturated rings. The number of anilines is 3. The number of fused-ring (bicyclic) bond motifs is 4. The number of aromatic nitrogens is 3. The van der Waals surface area contributed by atoms with Crippen LogP contribution in [-0.2, 0) is 19.8 Å². The molecular formula is C29H35N7O5. The summed E-state index contributed by atoms with van der Waals surface area (Å²) in [6.07, 6.45) is 5.13. The van der Waals surface area contributed by atoms with E-state index in [2.05, 4.69) is 15.7 Å². The van der Waals surface area contributed by atoms with Crippen LogP contribution in [0, 0.1) is 0 Å². The number of benzene rings is 1. The van der Waals surface area contributed by atoms with Crippen molar-refractivity contribution in [2.45, 2.75) is 64.0 Å². The molecule has 0 unspecified atom stereocenters. The monoisotopic (exact) mass is 561 g/mol. The average molecular weight is 562 g/mol. The van der Waals surface area contributed by atoms with E-state index in [1.807, 2.05) is 22.8 Å². The molecule has 12 heteroatoms. The molecule has 41 heavy (non-hydrogen) atoms. The maximum atomic E-state index is 13.7. The van der Waals surface area contributed by atoms with E-state index in [9.17, 15) is 14.4 Å². The molecule has 2 aromatic heterocycles. The summed E-state index contributed by atoms with van der Waals surface area (Å²) in [4.78, 5) is 50.7. The van der Waals surface area contributed by atoms with Crippen LogP contribution >= 0.6 is 0 Å². The fraction of sp³-hybridized carbons (Fsp3) is 0.483.